The number of carbonyl (C=O) groups excluding carboxylic acids is 3. The molecule has 0 unspecified atom stereocenters. The van der Waals surface area contributed by atoms with E-state index < -0.39 is 0 Å². The number of benzene rings is 1. The fraction of sp³-hybridized carbons (Fsp3) is 0. The summed E-state index contributed by atoms with van der Waals surface area (Å²) >= 11 is 0. The summed E-state index contributed by atoms with van der Waals surface area (Å²) in [6.07, 6.45) is 1.43. The molecule has 0 fully saturated rings. The van der Waals surface area contributed by atoms with Gasteiger partial charge in [0.25, 0.3) is 0 Å². The Morgan fingerprint density at radius 3 is 1.75 bits per heavy atom. The zero-order valence-corrected chi connectivity index (χ0v) is 6.40. The van der Waals surface area contributed by atoms with Crippen molar-refractivity contribution in [3.8, 4) is 0 Å². The summed E-state index contributed by atoms with van der Waals surface area (Å²) in [4.78, 5) is 28.3. The van der Waals surface area contributed by atoms with Crippen LogP contribution >= 0.6 is 0 Å². The fourth-order valence-corrected chi connectivity index (χ4v) is 0.706. The Labute approximate surface area is 70.0 Å². The van der Waals surface area contributed by atoms with Crippen LogP contribution in [0.2, 0.25) is 0 Å². The minimum atomic E-state index is 0.532. The van der Waals surface area contributed by atoms with Crippen LogP contribution < -0.4 is 0 Å². The Hall–Kier alpha value is -1.77. The molecule has 1 rings (SSSR count). The van der Waals surface area contributed by atoms with E-state index in [1.807, 2.05) is 6.79 Å². The molecule has 3 nitrogen and oxygen atoms in total. The molecule has 12 heavy (non-hydrogen) atoms. The van der Waals surface area contributed by atoms with Crippen molar-refractivity contribution in [3.05, 3.63) is 35.4 Å². The maximum atomic E-state index is 10.2. The van der Waals surface area contributed by atoms with Crippen molar-refractivity contribution in [1.82, 2.24) is 0 Å². The predicted molar refractivity (Wildman–Crippen MR) is 44.3 cm³/mol. The van der Waals surface area contributed by atoms with Crippen molar-refractivity contribution in [2.45, 2.75) is 0 Å². The minimum Gasteiger partial charge on any atom is -0.307 e. The first-order valence-corrected chi connectivity index (χ1v) is 3.16. The first-order valence-electron chi connectivity index (χ1n) is 3.16. The molecule has 0 spiro atoms. The van der Waals surface area contributed by atoms with Crippen LogP contribution in [-0.4, -0.2) is 19.4 Å². The molecule has 0 aromatic heterocycles. The Bertz CT molecular complexity index is 245. The number of aldehydes is 2. The molecule has 0 aliphatic carbocycles. The lowest BCUT2D eigenvalue weighted by Gasteiger charge is -1.89. The van der Waals surface area contributed by atoms with Crippen LogP contribution in [0.25, 0.3) is 0 Å². The van der Waals surface area contributed by atoms with Crippen molar-refractivity contribution in [3.63, 3.8) is 0 Å². The van der Waals surface area contributed by atoms with Gasteiger partial charge in [0.1, 0.15) is 19.4 Å². The highest BCUT2D eigenvalue weighted by Crippen LogP contribution is 1.99. The molecular formula is C9H8O3. The molecule has 0 aliphatic rings. The van der Waals surface area contributed by atoms with Gasteiger partial charge in [-0.2, -0.15) is 0 Å². The second-order valence-corrected chi connectivity index (χ2v) is 1.91. The number of carbonyl (C=O) groups is 3. The first-order chi connectivity index (χ1) is 5.86. The first kappa shape index (κ1) is 10.2. The quantitative estimate of drug-likeness (QED) is 0.615. The van der Waals surface area contributed by atoms with E-state index in [0.717, 1.165) is 0 Å². The summed E-state index contributed by atoms with van der Waals surface area (Å²) in [7, 11) is 0. The third kappa shape index (κ3) is 2.88. The lowest BCUT2D eigenvalue weighted by molar-refractivity contribution is -0.0980. The van der Waals surface area contributed by atoms with Crippen molar-refractivity contribution in [1.29, 1.82) is 0 Å². The van der Waals surface area contributed by atoms with E-state index in [0.29, 0.717) is 23.7 Å². The summed E-state index contributed by atoms with van der Waals surface area (Å²) in [5.74, 6) is 0. The van der Waals surface area contributed by atoms with Crippen LogP contribution in [0.5, 0.6) is 0 Å². The second kappa shape index (κ2) is 5.97. The van der Waals surface area contributed by atoms with Crippen molar-refractivity contribution >= 4 is 19.4 Å². The van der Waals surface area contributed by atoms with Gasteiger partial charge in [-0.1, -0.05) is 18.2 Å². The van der Waals surface area contributed by atoms with E-state index in [9.17, 15) is 9.59 Å². The Morgan fingerprint density at radius 2 is 1.42 bits per heavy atom. The molecule has 0 aliphatic heterocycles. The van der Waals surface area contributed by atoms with Crippen molar-refractivity contribution < 1.29 is 14.4 Å². The standard InChI is InChI=1S/C8H6O2.CH2O/c9-5-7-2-1-3-8(4-7)6-10;1-2/h1-6H;1H2. The number of rotatable bonds is 2. The van der Waals surface area contributed by atoms with Gasteiger partial charge in [0.15, 0.2) is 0 Å². The van der Waals surface area contributed by atoms with Crippen LogP contribution in [-0.2, 0) is 4.79 Å². The van der Waals surface area contributed by atoms with E-state index in [-0.39, 0.29) is 0 Å². The van der Waals surface area contributed by atoms with Gasteiger partial charge in [-0.15, -0.1) is 0 Å². The number of hydrogen-bond donors (Lipinski definition) is 0. The molecule has 0 radical (unpaired) electrons. The van der Waals surface area contributed by atoms with Gasteiger partial charge in [0.05, 0.1) is 0 Å². The molecule has 62 valence electrons. The predicted octanol–water partition coefficient (Wildman–Crippen LogP) is 1.13. The zero-order chi connectivity index (χ0) is 9.40. The van der Waals surface area contributed by atoms with Gasteiger partial charge in [-0.3, -0.25) is 9.59 Å². The van der Waals surface area contributed by atoms with Crippen molar-refractivity contribution in [2.75, 3.05) is 0 Å². The largest absolute Gasteiger partial charge is 0.307 e. The molecule has 0 saturated heterocycles. The SMILES string of the molecule is C=O.O=Cc1cccc(C=O)c1. The van der Waals surface area contributed by atoms with E-state index in [1.165, 1.54) is 0 Å². The summed E-state index contributed by atoms with van der Waals surface area (Å²) in [6, 6.07) is 6.52. The minimum absolute atomic E-state index is 0.532. The molecule has 0 bridgehead atoms. The summed E-state index contributed by atoms with van der Waals surface area (Å²) in [5.41, 5.74) is 1.06. The van der Waals surface area contributed by atoms with Crippen LogP contribution in [0, 0.1) is 0 Å². The van der Waals surface area contributed by atoms with E-state index in [4.69, 9.17) is 4.79 Å². The molecule has 1 aromatic carbocycles. The van der Waals surface area contributed by atoms with Gasteiger partial charge in [-0.05, 0) is 6.07 Å². The van der Waals surface area contributed by atoms with Crippen LogP contribution in [0.15, 0.2) is 24.3 Å². The molecule has 0 N–H and O–H groups in total. The van der Waals surface area contributed by atoms with E-state index in [1.54, 1.807) is 24.3 Å². The van der Waals surface area contributed by atoms with Gasteiger partial charge < -0.3 is 4.79 Å². The molecule has 0 amide bonds. The molecule has 0 heterocycles. The number of hydrogen-bond acceptors (Lipinski definition) is 3. The summed E-state index contributed by atoms with van der Waals surface area (Å²) in [5, 5.41) is 0. The molecule has 1 aromatic rings. The molecule has 0 atom stereocenters. The highest BCUT2D eigenvalue weighted by Gasteiger charge is 1.90. The van der Waals surface area contributed by atoms with Crippen LogP contribution in [0.1, 0.15) is 20.7 Å². The van der Waals surface area contributed by atoms with Crippen LogP contribution in [0.4, 0.5) is 0 Å². The van der Waals surface area contributed by atoms with Gasteiger partial charge in [0.2, 0.25) is 0 Å². The smallest absolute Gasteiger partial charge is 0.150 e. The maximum absolute atomic E-state index is 10.2. The average Bonchev–Trinajstić information content (AvgIpc) is 2.21. The second-order valence-electron chi connectivity index (χ2n) is 1.91. The van der Waals surface area contributed by atoms with Gasteiger partial charge in [-0.25, -0.2) is 0 Å². The lowest BCUT2D eigenvalue weighted by Crippen LogP contribution is -1.82. The zero-order valence-electron chi connectivity index (χ0n) is 6.40. The van der Waals surface area contributed by atoms with E-state index >= 15 is 0 Å². The fourth-order valence-electron chi connectivity index (χ4n) is 0.706. The Morgan fingerprint density at radius 1 is 1.00 bits per heavy atom. The normalized spacial score (nSPS) is 7.67. The topological polar surface area (TPSA) is 51.2 Å². The van der Waals surface area contributed by atoms with Gasteiger partial charge >= 0.3 is 0 Å². The third-order valence-corrected chi connectivity index (χ3v) is 1.18. The highest BCUT2D eigenvalue weighted by molar-refractivity contribution is 5.81. The summed E-state index contributed by atoms with van der Waals surface area (Å²) in [6.45, 7) is 2.00. The van der Waals surface area contributed by atoms with Gasteiger partial charge in [0, 0.05) is 11.1 Å². The van der Waals surface area contributed by atoms with E-state index in [2.05, 4.69) is 0 Å². The molecule has 0 saturated carbocycles. The highest BCUT2D eigenvalue weighted by atomic mass is 16.1. The van der Waals surface area contributed by atoms with Crippen molar-refractivity contribution in [2.24, 2.45) is 0 Å². The average molecular weight is 164 g/mol. The van der Waals surface area contributed by atoms with Crippen LogP contribution in [0.3, 0.4) is 0 Å². The molecular weight excluding hydrogens is 156 g/mol. The Kier molecular flexibility index (Phi) is 5.09. The monoisotopic (exact) mass is 164 g/mol. The lowest BCUT2D eigenvalue weighted by atomic mass is 10.2. The third-order valence-electron chi connectivity index (χ3n) is 1.18. The molecule has 3 heteroatoms. The summed E-state index contributed by atoms with van der Waals surface area (Å²) < 4.78 is 0. The Balaban J connectivity index is 0.000000561. The maximum Gasteiger partial charge on any atom is 0.150 e.